The summed E-state index contributed by atoms with van der Waals surface area (Å²) in [6, 6.07) is 29.3. The first-order valence-corrected chi connectivity index (χ1v) is 13.4. The van der Waals surface area contributed by atoms with Crippen LogP contribution in [0.1, 0.15) is 40.6 Å². The Bertz CT molecular complexity index is 1650. The Morgan fingerprint density at radius 1 is 1.00 bits per heavy atom. The van der Waals surface area contributed by atoms with Gasteiger partial charge in [-0.1, -0.05) is 74.0 Å². The maximum atomic E-state index is 13.7. The summed E-state index contributed by atoms with van der Waals surface area (Å²) in [6.45, 7) is 4.76. The maximum absolute atomic E-state index is 13.7. The predicted molar refractivity (Wildman–Crippen MR) is 155 cm³/mol. The number of amides is 1. The number of pyridine rings is 1. The number of anilines is 1. The van der Waals surface area contributed by atoms with Gasteiger partial charge in [-0.05, 0) is 43.2 Å². The van der Waals surface area contributed by atoms with Gasteiger partial charge in [-0.15, -0.1) is 11.3 Å². The molecule has 0 radical (unpaired) electrons. The van der Waals surface area contributed by atoms with E-state index in [2.05, 4.69) is 18.3 Å². The van der Waals surface area contributed by atoms with Crippen LogP contribution >= 0.6 is 11.3 Å². The van der Waals surface area contributed by atoms with Crippen molar-refractivity contribution < 1.29 is 9.53 Å². The van der Waals surface area contributed by atoms with E-state index in [1.807, 2.05) is 91.9 Å². The number of unbranched alkanes of at least 4 members (excludes halogenated alkanes) is 1. The second-order valence-corrected chi connectivity index (χ2v) is 10.2. The van der Waals surface area contributed by atoms with Gasteiger partial charge in [0.25, 0.3) is 5.91 Å². The number of nitrogens with one attached hydrogen (secondary N) is 1. The number of fused-ring (bicyclic) bond motifs is 1. The molecule has 1 amide bonds. The van der Waals surface area contributed by atoms with Gasteiger partial charge in [0.05, 0.1) is 28.9 Å². The summed E-state index contributed by atoms with van der Waals surface area (Å²) in [5, 5.41) is 14.3. The monoisotopic (exact) mass is 517 g/mol. The minimum absolute atomic E-state index is 0.280. The molecule has 188 valence electrons. The molecule has 2 aromatic heterocycles. The Hall–Kier alpha value is -4.47. The number of carbonyl (C=O) groups excluding carboxylic acids is 1. The number of para-hydroxylation sites is 1. The van der Waals surface area contributed by atoms with Gasteiger partial charge in [-0.25, -0.2) is 4.98 Å². The summed E-state index contributed by atoms with van der Waals surface area (Å²) in [5.74, 6) is 0.496. The highest BCUT2D eigenvalue weighted by Gasteiger charge is 2.21. The first-order chi connectivity index (χ1) is 18.6. The van der Waals surface area contributed by atoms with Gasteiger partial charge in [0.2, 0.25) is 0 Å². The molecular formula is C32H27N3O2S. The normalized spacial score (nSPS) is 10.8. The Morgan fingerprint density at radius 2 is 1.76 bits per heavy atom. The molecule has 0 aliphatic rings. The topological polar surface area (TPSA) is 75.0 Å². The molecule has 2 heterocycles. The molecule has 5 nitrogen and oxygen atoms in total. The zero-order chi connectivity index (χ0) is 26.5. The molecule has 0 unspecified atom stereocenters. The molecule has 3 aromatic carbocycles. The summed E-state index contributed by atoms with van der Waals surface area (Å²) in [4.78, 5) is 19.5. The largest absolute Gasteiger partial charge is 0.494 e. The van der Waals surface area contributed by atoms with Gasteiger partial charge in [0.15, 0.2) is 0 Å². The molecule has 38 heavy (non-hydrogen) atoms. The highest BCUT2D eigenvalue weighted by atomic mass is 32.1. The molecule has 0 spiro atoms. The van der Waals surface area contributed by atoms with E-state index in [9.17, 15) is 10.1 Å². The number of nitriles is 1. The highest BCUT2D eigenvalue weighted by molar-refractivity contribution is 7.17. The summed E-state index contributed by atoms with van der Waals surface area (Å²) in [6.07, 6.45) is 2.05. The summed E-state index contributed by atoms with van der Waals surface area (Å²) >= 11 is 1.41. The van der Waals surface area contributed by atoms with E-state index in [-0.39, 0.29) is 5.91 Å². The van der Waals surface area contributed by atoms with Crippen molar-refractivity contribution in [2.75, 3.05) is 11.9 Å². The van der Waals surface area contributed by atoms with Crippen LogP contribution in [0.4, 0.5) is 5.00 Å². The molecule has 1 N–H and O–H groups in total. The minimum Gasteiger partial charge on any atom is -0.494 e. The molecule has 0 bridgehead atoms. The van der Waals surface area contributed by atoms with Gasteiger partial charge < -0.3 is 10.1 Å². The summed E-state index contributed by atoms with van der Waals surface area (Å²) in [5.41, 5.74) is 5.06. The number of hydrogen-bond donors (Lipinski definition) is 1. The Morgan fingerprint density at radius 3 is 2.55 bits per heavy atom. The van der Waals surface area contributed by atoms with Gasteiger partial charge in [-0.2, -0.15) is 5.26 Å². The minimum atomic E-state index is -0.280. The average molecular weight is 518 g/mol. The predicted octanol–water partition coefficient (Wildman–Crippen LogP) is 8.24. The second-order valence-electron chi connectivity index (χ2n) is 8.97. The third-order valence-corrected chi connectivity index (χ3v) is 7.36. The first-order valence-electron chi connectivity index (χ1n) is 12.6. The van der Waals surface area contributed by atoms with Gasteiger partial charge in [-0.3, -0.25) is 4.79 Å². The number of nitrogens with zero attached hydrogens (tertiary/aromatic N) is 2. The molecule has 0 aliphatic heterocycles. The fraction of sp³-hybridized carbons (Fsp3) is 0.156. The number of benzene rings is 3. The Balaban J connectivity index is 1.53. The number of thiophene rings is 1. The number of rotatable bonds is 8. The number of aryl methyl sites for hydroxylation is 1. The number of carbonyl (C=O) groups is 1. The lowest BCUT2D eigenvalue weighted by molar-refractivity contribution is 0.102. The van der Waals surface area contributed by atoms with E-state index in [0.717, 1.165) is 51.1 Å². The van der Waals surface area contributed by atoms with E-state index in [1.54, 1.807) is 0 Å². The van der Waals surface area contributed by atoms with Gasteiger partial charge >= 0.3 is 0 Å². The lowest BCUT2D eigenvalue weighted by atomic mass is 10.0. The van der Waals surface area contributed by atoms with Crippen LogP contribution in [0.3, 0.4) is 0 Å². The Kier molecular flexibility index (Phi) is 7.48. The SMILES string of the molecule is CCCCOc1cccc(-c2cc(C(=O)Nc3sc(C)c(-c4ccccc4)c3C#N)c3ccccc3n2)c1. The number of ether oxygens (including phenoxy) is 1. The van der Waals surface area contributed by atoms with Crippen LogP contribution < -0.4 is 10.1 Å². The molecule has 0 saturated heterocycles. The molecule has 0 fully saturated rings. The zero-order valence-corrected chi connectivity index (χ0v) is 22.1. The molecule has 5 aromatic rings. The van der Waals surface area contributed by atoms with Gasteiger partial charge in [0.1, 0.15) is 16.8 Å². The third kappa shape index (κ3) is 5.15. The lowest BCUT2D eigenvalue weighted by Gasteiger charge is -2.11. The fourth-order valence-electron chi connectivity index (χ4n) is 4.45. The second kappa shape index (κ2) is 11.3. The first kappa shape index (κ1) is 25.2. The van der Waals surface area contributed by atoms with Crippen LogP contribution in [0.5, 0.6) is 5.75 Å². The van der Waals surface area contributed by atoms with Crippen molar-refractivity contribution in [2.24, 2.45) is 0 Å². The van der Waals surface area contributed by atoms with E-state index in [1.165, 1.54) is 11.3 Å². The zero-order valence-electron chi connectivity index (χ0n) is 21.3. The molecular weight excluding hydrogens is 490 g/mol. The van der Waals surface area contributed by atoms with Crippen LogP contribution in [0.15, 0.2) is 84.9 Å². The standard InChI is InChI=1S/C32H27N3O2S/c1-3-4-17-37-24-14-10-13-23(18-24)29-19-26(25-15-8-9-16-28(25)34-29)31(36)35-32-27(20-33)30(21(2)38-32)22-11-6-5-7-12-22/h5-16,18-19H,3-4,17H2,1-2H3,(H,35,36). The van der Waals surface area contributed by atoms with Crippen molar-refractivity contribution in [3.05, 3.63) is 101 Å². The van der Waals surface area contributed by atoms with Crippen LogP contribution in [0.25, 0.3) is 33.3 Å². The molecule has 6 heteroatoms. The van der Waals surface area contributed by atoms with Crippen LogP contribution in [0.2, 0.25) is 0 Å². The maximum Gasteiger partial charge on any atom is 0.257 e. The lowest BCUT2D eigenvalue weighted by Crippen LogP contribution is -2.13. The highest BCUT2D eigenvalue weighted by Crippen LogP contribution is 2.40. The number of hydrogen-bond acceptors (Lipinski definition) is 5. The molecule has 0 aliphatic carbocycles. The van der Waals surface area contributed by atoms with Gasteiger partial charge in [0, 0.05) is 21.4 Å². The van der Waals surface area contributed by atoms with Crippen LogP contribution in [-0.2, 0) is 0 Å². The molecule has 5 rings (SSSR count). The summed E-state index contributed by atoms with van der Waals surface area (Å²) < 4.78 is 5.89. The fourth-order valence-corrected chi connectivity index (χ4v) is 5.47. The van der Waals surface area contributed by atoms with Crippen molar-refractivity contribution >= 4 is 33.1 Å². The summed E-state index contributed by atoms with van der Waals surface area (Å²) in [7, 11) is 0. The smallest absolute Gasteiger partial charge is 0.257 e. The van der Waals surface area contributed by atoms with Crippen molar-refractivity contribution in [1.82, 2.24) is 4.98 Å². The van der Waals surface area contributed by atoms with E-state index in [0.29, 0.717) is 28.4 Å². The Labute approximate surface area is 226 Å². The van der Waals surface area contributed by atoms with E-state index < -0.39 is 0 Å². The van der Waals surface area contributed by atoms with Crippen molar-refractivity contribution in [1.29, 1.82) is 5.26 Å². The van der Waals surface area contributed by atoms with Crippen LogP contribution in [-0.4, -0.2) is 17.5 Å². The van der Waals surface area contributed by atoms with Crippen LogP contribution in [0, 0.1) is 18.3 Å². The number of aromatic nitrogens is 1. The third-order valence-electron chi connectivity index (χ3n) is 6.34. The van der Waals surface area contributed by atoms with E-state index >= 15 is 0 Å². The molecule has 0 saturated carbocycles. The van der Waals surface area contributed by atoms with Crippen molar-refractivity contribution in [3.63, 3.8) is 0 Å². The van der Waals surface area contributed by atoms with Crippen molar-refractivity contribution in [3.8, 4) is 34.2 Å². The molecule has 0 atom stereocenters. The van der Waals surface area contributed by atoms with Crippen molar-refractivity contribution in [2.45, 2.75) is 26.7 Å². The quantitative estimate of drug-likeness (QED) is 0.210. The van der Waals surface area contributed by atoms with E-state index in [4.69, 9.17) is 9.72 Å². The average Bonchev–Trinajstić information content (AvgIpc) is 3.27.